The first-order valence-electron chi connectivity index (χ1n) is 4.69. The molecule has 15 heavy (non-hydrogen) atoms. The summed E-state index contributed by atoms with van der Waals surface area (Å²) in [4.78, 5) is 11.8. The van der Waals surface area contributed by atoms with Gasteiger partial charge in [0, 0.05) is 7.05 Å². The lowest BCUT2D eigenvalue weighted by Crippen LogP contribution is -2.34. The van der Waals surface area contributed by atoms with Crippen LogP contribution >= 0.6 is 0 Å². The number of carboxylic acid groups (broad SMARTS) is 1. The van der Waals surface area contributed by atoms with Crippen LogP contribution in [0, 0.1) is 0 Å². The van der Waals surface area contributed by atoms with Gasteiger partial charge in [0.15, 0.2) is 0 Å². The predicted molar refractivity (Wildman–Crippen MR) is 55.5 cm³/mol. The number of hydrogen-bond acceptors (Lipinski definition) is 1. The largest absolute Gasteiger partial charge is 0.465 e. The molecule has 0 heterocycles. The first kappa shape index (κ1) is 11.5. The van der Waals surface area contributed by atoms with Crippen molar-refractivity contribution in [1.82, 2.24) is 4.90 Å². The van der Waals surface area contributed by atoms with E-state index in [4.69, 9.17) is 5.11 Å². The van der Waals surface area contributed by atoms with Crippen LogP contribution in [-0.2, 0) is 0 Å². The Morgan fingerprint density at radius 2 is 1.93 bits per heavy atom. The monoisotopic (exact) mass is 211 g/mol. The summed E-state index contributed by atoms with van der Waals surface area (Å²) in [6.07, 6.45) is -2.37. The first-order chi connectivity index (χ1) is 7.04. The van der Waals surface area contributed by atoms with Crippen LogP contribution in [0.4, 0.5) is 9.18 Å². The second-order valence-corrected chi connectivity index (χ2v) is 3.43. The molecule has 82 valence electrons. The maximum absolute atomic E-state index is 13.4. The molecule has 0 spiro atoms. The Morgan fingerprint density at radius 3 is 2.33 bits per heavy atom. The third-order valence-electron chi connectivity index (χ3n) is 2.30. The van der Waals surface area contributed by atoms with Gasteiger partial charge in [-0.2, -0.15) is 0 Å². The Hall–Kier alpha value is -1.58. The summed E-state index contributed by atoms with van der Waals surface area (Å²) in [6, 6.07) is 8.04. The van der Waals surface area contributed by atoms with Crippen molar-refractivity contribution >= 4 is 6.09 Å². The van der Waals surface area contributed by atoms with Gasteiger partial charge in [-0.05, 0) is 12.5 Å². The summed E-state index contributed by atoms with van der Waals surface area (Å²) in [7, 11) is 1.37. The quantitative estimate of drug-likeness (QED) is 0.835. The van der Waals surface area contributed by atoms with E-state index in [0.717, 1.165) is 4.90 Å². The van der Waals surface area contributed by atoms with E-state index in [1.54, 1.807) is 24.3 Å². The van der Waals surface area contributed by atoms with Crippen molar-refractivity contribution in [2.24, 2.45) is 0 Å². The lowest BCUT2D eigenvalue weighted by atomic mass is 10.0. The molecule has 0 saturated heterocycles. The van der Waals surface area contributed by atoms with Gasteiger partial charge < -0.3 is 10.0 Å². The lowest BCUT2D eigenvalue weighted by molar-refractivity contribution is 0.110. The normalized spacial score (nSPS) is 14.3. The zero-order valence-corrected chi connectivity index (χ0v) is 8.72. The van der Waals surface area contributed by atoms with Crippen LogP contribution < -0.4 is 0 Å². The van der Waals surface area contributed by atoms with Gasteiger partial charge in [-0.1, -0.05) is 30.3 Å². The highest BCUT2D eigenvalue weighted by molar-refractivity contribution is 5.65. The SMILES string of the molecule is CC(F)C(c1ccccc1)N(C)C(=O)O. The van der Waals surface area contributed by atoms with Gasteiger partial charge in [0.25, 0.3) is 0 Å². The van der Waals surface area contributed by atoms with Crippen LogP contribution in [-0.4, -0.2) is 29.3 Å². The number of rotatable bonds is 3. The van der Waals surface area contributed by atoms with Crippen molar-refractivity contribution in [3.05, 3.63) is 35.9 Å². The molecule has 1 amide bonds. The molecule has 3 nitrogen and oxygen atoms in total. The fourth-order valence-electron chi connectivity index (χ4n) is 1.57. The third kappa shape index (κ3) is 2.68. The minimum Gasteiger partial charge on any atom is -0.465 e. The predicted octanol–water partition coefficient (Wildman–Crippen LogP) is 2.70. The molecule has 0 radical (unpaired) electrons. The van der Waals surface area contributed by atoms with Crippen LogP contribution in [0.1, 0.15) is 18.5 Å². The molecule has 4 heteroatoms. The van der Waals surface area contributed by atoms with Gasteiger partial charge in [0.05, 0.1) is 6.04 Å². The molecular formula is C11H14FNO2. The van der Waals surface area contributed by atoms with Crippen molar-refractivity contribution in [2.75, 3.05) is 7.05 Å². The number of halogens is 1. The van der Waals surface area contributed by atoms with E-state index in [1.807, 2.05) is 6.07 Å². The number of alkyl halides is 1. The number of benzene rings is 1. The molecule has 0 fully saturated rings. The molecule has 0 aromatic heterocycles. The second kappa shape index (κ2) is 4.77. The average Bonchev–Trinajstić information content (AvgIpc) is 2.18. The van der Waals surface area contributed by atoms with Crippen LogP contribution in [0.2, 0.25) is 0 Å². The zero-order chi connectivity index (χ0) is 11.4. The summed E-state index contributed by atoms with van der Waals surface area (Å²) in [6.45, 7) is 1.36. The summed E-state index contributed by atoms with van der Waals surface area (Å²) in [5, 5.41) is 8.82. The Balaban J connectivity index is 2.99. The van der Waals surface area contributed by atoms with Gasteiger partial charge in [-0.25, -0.2) is 9.18 Å². The molecule has 1 aromatic carbocycles. The van der Waals surface area contributed by atoms with Crippen molar-refractivity contribution in [1.29, 1.82) is 0 Å². The Kier molecular flexibility index (Phi) is 3.66. The molecule has 0 aliphatic heterocycles. The van der Waals surface area contributed by atoms with Crippen molar-refractivity contribution < 1.29 is 14.3 Å². The van der Waals surface area contributed by atoms with E-state index < -0.39 is 18.3 Å². The number of nitrogens with zero attached hydrogens (tertiary/aromatic N) is 1. The van der Waals surface area contributed by atoms with Crippen molar-refractivity contribution in [3.63, 3.8) is 0 Å². The molecule has 2 unspecified atom stereocenters. The number of carbonyl (C=O) groups is 1. The zero-order valence-electron chi connectivity index (χ0n) is 8.72. The Labute approximate surface area is 88.1 Å². The van der Waals surface area contributed by atoms with Crippen LogP contribution in [0.15, 0.2) is 30.3 Å². The van der Waals surface area contributed by atoms with Crippen LogP contribution in [0.5, 0.6) is 0 Å². The van der Waals surface area contributed by atoms with Crippen LogP contribution in [0.3, 0.4) is 0 Å². The number of amides is 1. The van der Waals surface area contributed by atoms with Crippen molar-refractivity contribution in [2.45, 2.75) is 19.1 Å². The molecule has 1 rings (SSSR count). The summed E-state index contributed by atoms with van der Waals surface area (Å²) >= 11 is 0. The first-order valence-corrected chi connectivity index (χ1v) is 4.69. The summed E-state index contributed by atoms with van der Waals surface area (Å²) < 4.78 is 13.4. The van der Waals surface area contributed by atoms with Gasteiger partial charge in [0.2, 0.25) is 0 Å². The van der Waals surface area contributed by atoms with E-state index in [0.29, 0.717) is 5.56 Å². The van der Waals surface area contributed by atoms with E-state index in [1.165, 1.54) is 14.0 Å². The highest BCUT2D eigenvalue weighted by Crippen LogP contribution is 2.24. The Morgan fingerprint density at radius 1 is 1.40 bits per heavy atom. The van der Waals surface area contributed by atoms with Gasteiger partial charge in [0.1, 0.15) is 6.17 Å². The fraction of sp³-hybridized carbons (Fsp3) is 0.364. The number of hydrogen-bond donors (Lipinski definition) is 1. The maximum Gasteiger partial charge on any atom is 0.407 e. The minimum atomic E-state index is -1.24. The molecular weight excluding hydrogens is 197 g/mol. The maximum atomic E-state index is 13.4. The van der Waals surface area contributed by atoms with Crippen molar-refractivity contribution in [3.8, 4) is 0 Å². The smallest absolute Gasteiger partial charge is 0.407 e. The third-order valence-corrected chi connectivity index (χ3v) is 2.30. The molecule has 1 N–H and O–H groups in total. The Bertz CT molecular complexity index is 327. The average molecular weight is 211 g/mol. The molecule has 0 saturated carbocycles. The van der Waals surface area contributed by atoms with E-state index >= 15 is 0 Å². The van der Waals surface area contributed by atoms with Gasteiger partial charge in [-0.3, -0.25) is 0 Å². The fourth-order valence-corrected chi connectivity index (χ4v) is 1.57. The van der Waals surface area contributed by atoms with E-state index in [9.17, 15) is 9.18 Å². The van der Waals surface area contributed by atoms with E-state index in [-0.39, 0.29) is 0 Å². The standard InChI is InChI=1S/C11H14FNO2/c1-8(12)10(13(2)11(14)15)9-6-4-3-5-7-9/h3-8,10H,1-2H3,(H,14,15). The lowest BCUT2D eigenvalue weighted by Gasteiger charge is -2.27. The molecule has 2 atom stereocenters. The topological polar surface area (TPSA) is 40.5 Å². The molecule has 0 bridgehead atoms. The van der Waals surface area contributed by atoms with E-state index in [2.05, 4.69) is 0 Å². The molecule has 0 aliphatic rings. The minimum absolute atomic E-state index is 0.664. The second-order valence-electron chi connectivity index (χ2n) is 3.43. The highest BCUT2D eigenvalue weighted by Gasteiger charge is 2.26. The van der Waals surface area contributed by atoms with Crippen LogP contribution in [0.25, 0.3) is 0 Å². The molecule has 1 aromatic rings. The van der Waals surface area contributed by atoms with Gasteiger partial charge in [-0.15, -0.1) is 0 Å². The summed E-state index contributed by atoms with van der Waals surface area (Å²) in [5.74, 6) is 0. The van der Waals surface area contributed by atoms with Gasteiger partial charge >= 0.3 is 6.09 Å². The highest BCUT2D eigenvalue weighted by atomic mass is 19.1. The summed E-state index contributed by atoms with van der Waals surface area (Å²) in [5.41, 5.74) is 0.664. The molecule has 0 aliphatic carbocycles.